The molecule has 1 aromatic carbocycles. The van der Waals surface area contributed by atoms with Gasteiger partial charge in [0.1, 0.15) is 17.9 Å². The minimum atomic E-state index is -0.587. The fourth-order valence-electron chi connectivity index (χ4n) is 4.97. The zero-order valence-electron chi connectivity index (χ0n) is 19.5. The smallest absolute Gasteiger partial charge is 0.290 e. The van der Waals surface area contributed by atoms with Gasteiger partial charge in [0.05, 0.1) is 0 Å². The van der Waals surface area contributed by atoms with Gasteiger partial charge in [-0.2, -0.15) is 0 Å². The minimum Gasteiger partial charge on any atom is -0.489 e. The minimum absolute atomic E-state index is 0.133. The number of ether oxygens (including phenoxy) is 1. The molecular weight excluding hydrogens is 426 g/mol. The Hall–Kier alpha value is -2.94. The van der Waals surface area contributed by atoms with Gasteiger partial charge in [-0.15, -0.1) is 0 Å². The Bertz CT molecular complexity index is 900. The van der Waals surface area contributed by atoms with Gasteiger partial charge in [0.25, 0.3) is 12.4 Å². The maximum Gasteiger partial charge on any atom is 0.290 e. The van der Waals surface area contributed by atoms with Crippen molar-refractivity contribution >= 4 is 24.2 Å². The molecule has 0 spiro atoms. The Morgan fingerprint density at radius 3 is 2.64 bits per heavy atom. The molecule has 0 bridgehead atoms. The van der Waals surface area contributed by atoms with E-state index in [0.29, 0.717) is 30.4 Å². The van der Waals surface area contributed by atoms with Gasteiger partial charge in [0, 0.05) is 38.2 Å². The molecule has 2 fully saturated rings. The van der Waals surface area contributed by atoms with Crippen LogP contribution in [-0.2, 0) is 20.9 Å². The number of imide groups is 1. The molecule has 3 aliphatic rings. The zero-order chi connectivity index (χ0) is 24.1. The van der Waals surface area contributed by atoms with E-state index < -0.39 is 6.04 Å². The summed E-state index contributed by atoms with van der Waals surface area (Å²) in [5.41, 5.74) is 1.50. The van der Waals surface area contributed by atoms with E-state index in [2.05, 4.69) is 31.0 Å². The highest BCUT2D eigenvalue weighted by Crippen LogP contribution is 2.31. The number of hydrogen-bond donors (Lipinski definition) is 2. The lowest BCUT2D eigenvalue weighted by molar-refractivity contribution is -0.137. The molecule has 3 amide bonds. The van der Waals surface area contributed by atoms with Crippen molar-refractivity contribution in [3.05, 3.63) is 29.3 Å². The maximum absolute atomic E-state index is 12.8. The molecule has 33 heavy (non-hydrogen) atoms. The van der Waals surface area contributed by atoms with Crippen LogP contribution < -0.4 is 10.1 Å². The second-order valence-electron chi connectivity index (χ2n) is 9.52. The van der Waals surface area contributed by atoms with Crippen LogP contribution in [0.25, 0.3) is 0 Å². The molecule has 1 aromatic rings. The van der Waals surface area contributed by atoms with Crippen LogP contribution in [0.1, 0.15) is 56.0 Å². The van der Waals surface area contributed by atoms with E-state index in [4.69, 9.17) is 14.6 Å². The summed E-state index contributed by atoms with van der Waals surface area (Å²) in [6.45, 7) is 9.96. The number of hydrogen-bond acceptors (Lipinski definition) is 6. The molecule has 3 heterocycles. The SMILES string of the molecule is CC(C)CN1C[C@H](C)C[C@@H](Oc2ccc3c(c2)CN(C2CCC(=O)NC2=O)C3=O)C1.O=CO. The Kier molecular flexibility index (Phi) is 8.07. The number of rotatable bonds is 5. The number of carboxylic acid groups (broad SMARTS) is 1. The highest BCUT2D eigenvalue weighted by molar-refractivity contribution is 6.05. The lowest BCUT2D eigenvalue weighted by Crippen LogP contribution is -2.52. The van der Waals surface area contributed by atoms with Gasteiger partial charge in [-0.25, -0.2) is 0 Å². The monoisotopic (exact) mass is 459 g/mol. The second kappa shape index (κ2) is 10.8. The van der Waals surface area contributed by atoms with Crippen LogP contribution >= 0.6 is 0 Å². The fraction of sp³-hybridized carbons (Fsp3) is 0.583. The van der Waals surface area contributed by atoms with Gasteiger partial charge >= 0.3 is 0 Å². The summed E-state index contributed by atoms with van der Waals surface area (Å²) >= 11 is 0. The summed E-state index contributed by atoms with van der Waals surface area (Å²) in [4.78, 5) is 48.9. The number of piperidine rings is 2. The molecule has 0 aromatic heterocycles. The molecule has 3 atom stereocenters. The van der Waals surface area contributed by atoms with Crippen molar-refractivity contribution in [2.24, 2.45) is 11.8 Å². The molecule has 1 unspecified atom stereocenters. The van der Waals surface area contributed by atoms with Crippen LogP contribution in [0.2, 0.25) is 0 Å². The Labute approximate surface area is 194 Å². The van der Waals surface area contributed by atoms with Crippen LogP contribution in [-0.4, -0.2) is 70.9 Å². The first-order chi connectivity index (χ1) is 15.7. The average molecular weight is 460 g/mol. The van der Waals surface area contributed by atoms with E-state index in [9.17, 15) is 14.4 Å². The number of amides is 3. The highest BCUT2D eigenvalue weighted by Gasteiger charge is 2.39. The van der Waals surface area contributed by atoms with Crippen LogP contribution in [0.5, 0.6) is 5.75 Å². The Morgan fingerprint density at radius 1 is 1.24 bits per heavy atom. The van der Waals surface area contributed by atoms with Crippen LogP contribution in [0.15, 0.2) is 18.2 Å². The highest BCUT2D eigenvalue weighted by atomic mass is 16.5. The number of carbonyl (C=O) groups is 4. The number of fused-ring (bicyclic) bond motifs is 1. The van der Waals surface area contributed by atoms with Crippen molar-refractivity contribution < 1.29 is 29.0 Å². The number of nitrogens with one attached hydrogen (secondary N) is 1. The van der Waals surface area contributed by atoms with Gasteiger partial charge in [-0.1, -0.05) is 20.8 Å². The number of nitrogens with zero attached hydrogens (tertiary/aromatic N) is 2. The normalized spacial score (nSPS) is 25.3. The lowest BCUT2D eigenvalue weighted by atomic mass is 9.97. The predicted molar refractivity (Wildman–Crippen MR) is 121 cm³/mol. The van der Waals surface area contributed by atoms with Gasteiger partial charge in [-0.3, -0.25) is 29.4 Å². The summed E-state index contributed by atoms with van der Waals surface area (Å²) in [5.74, 6) is 1.17. The number of carbonyl (C=O) groups excluding carboxylic acids is 3. The Morgan fingerprint density at radius 2 is 1.97 bits per heavy atom. The number of likely N-dealkylation sites (tertiary alicyclic amines) is 1. The third kappa shape index (κ3) is 6.10. The topological polar surface area (TPSA) is 116 Å². The molecule has 4 rings (SSSR count). The van der Waals surface area contributed by atoms with Crippen molar-refractivity contribution in [1.29, 1.82) is 0 Å². The van der Waals surface area contributed by atoms with Crippen LogP contribution in [0.4, 0.5) is 0 Å². The predicted octanol–water partition coefficient (Wildman–Crippen LogP) is 1.89. The number of benzene rings is 1. The molecular formula is C24H33N3O6. The molecule has 0 radical (unpaired) electrons. The zero-order valence-corrected chi connectivity index (χ0v) is 19.5. The third-order valence-electron chi connectivity index (χ3n) is 6.12. The van der Waals surface area contributed by atoms with Crippen molar-refractivity contribution in [3.8, 4) is 5.75 Å². The molecule has 9 heteroatoms. The summed E-state index contributed by atoms with van der Waals surface area (Å²) in [5, 5.41) is 9.23. The van der Waals surface area contributed by atoms with E-state index in [0.717, 1.165) is 37.4 Å². The largest absolute Gasteiger partial charge is 0.489 e. The first-order valence-corrected chi connectivity index (χ1v) is 11.5. The molecule has 2 N–H and O–H groups in total. The van der Waals surface area contributed by atoms with Gasteiger partial charge in [0.2, 0.25) is 11.8 Å². The molecule has 9 nitrogen and oxygen atoms in total. The molecule has 0 aliphatic carbocycles. The van der Waals surface area contributed by atoms with E-state index in [-0.39, 0.29) is 36.7 Å². The summed E-state index contributed by atoms with van der Waals surface area (Å²) in [6.07, 6.45) is 1.79. The fourth-order valence-corrected chi connectivity index (χ4v) is 4.97. The molecule has 180 valence electrons. The maximum atomic E-state index is 12.8. The summed E-state index contributed by atoms with van der Waals surface area (Å²) in [6, 6.07) is 5.01. The van der Waals surface area contributed by atoms with Crippen molar-refractivity contribution in [1.82, 2.24) is 15.1 Å². The standard InChI is InChI=1S/C23H31N3O4.CH2O2/c1-14(2)10-25-11-15(3)8-18(13-25)30-17-4-5-19-16(9-17)12-26(23(19)29)20-6-7-21(27)24-22(20)28;2-1-3/h4-5,9,14-15,18,20H,6-8,10-13H2,1-3H3,(H,24,27,28);1H,(H,2,3)/t15-,18-,20?;/m1./s1. The second-order valence-corrected chi connectivity index (χ2v) is 9.52. The summed E-state index contributed by atoms with van der Waals surface area (Å²) in [7, 11) is 0. The van der Waals surface area contributed by atoms with E-state index in [1.807, 2.05) is 12.1 Å². The lowest BCUT2D eigenvalue weighted by Gasteiger charge is -2.37. The van der Waals surface area contributed by atoms with E-state index in [1.54, 1.807) is 11.0 Å². The van der Waals surface area contributed by atoms with Crippen molar-refractivity contribution in [2.75, 3.05) is 19.6 Å². The van der Waals surface area contributed by atoms with Crippen molar-refractivity contribution in [3.63, 3.8) is 0 Å². The van der Waals surface area contributed by atoms with Crippen LogP contribution in [0.3, 0.4) is 0 Å². The van der Waals surface area contributed by atoms with E-state index in [1.165, 1.54) is 0 Å². The van der Waals surface area contributed by atoms with Crippen LogP contribution in [0, 0.1) is 11.8 Å². The quantitative estimate of drug-likeness (QED) is 0.510. The average Bonchev–Trinajstić information content (AvgIpc) is 3.03. The van der Waals surface area contributed by atoms with Gasteiger partial charge < -0.3 is 14.7 Å². The molecule has 0 saturated carbocycles. The van der Waals surface area contributed by atoms with Gasteiger partial charge in [-0.05, 0) is 48.4 Å². The molecule has 2 saturated heterocycles. The first-order valence-electron chi connectivity index (χ1n) is 11.5. The first kappa shape index (κ1) is 24.7. The van der Waals surface area contributed by atoms with Gasteiger partial charge in [0.15, 0.2) is 0 Å². The Balaban J connectivity index is 0.000000968. The van der Waals surface area contributed by atoms with E-state index >= 15 is 0 Å². The molecule has 3 aliphatic heterocycles. The summed E-state index contributed by atoms with van der Waals surface area (Å²) < 4.78 is 6.32. The third-order valence-corrected chi connectivity index (χ3v) is 6.12. The van der Waals surface area contributed by atoms with Crippen molar-refractivity contribution in [2.45, 2.75) is 58.7 Å².